The van der Waals surface area contributed by atoms with Crippen molar-refractivity contribution in [3.8, 4) is 22.3 Å². The van der Waals surface area contributed by atoms with Crippen LogP contribution in [0.15, 0.2) is 156 Å². The minimum Gasteiger partial charge on any atom is -0.456 e. The van der Waals surface area contributed by atoms with Gasteiger partial charge in [0.15, 0.2) is 0 Å². The minimum absolute atomic E-state index is 0.102. The van der Waals surface area contributed by atoms with E-state index < -0.39 is 0 Å². The number of fused-ring (bicyclic) bond motifs is 6. The fraction of sp³-hybridized carbons (Fsp3) is 0.0667. The lowest BCUT2D eigenvalue weighted by Crippen LogP contribution is -2.16. The quantitative estimate of drug-likeness (QED) is 0.187. The Morgan fingerprint density at radius 1 is 0.468 bits per heavy atom. The highest BCUT2D eigenvalue weighted by molar-refractivity contribution is 6.33. The molecule has 222 valence electrons. The highest BCUT2D eigenvalue weighted by Crippen LogP contribution is 2.55. The maximum Gasteiger partial charge on any atom is 0.138 e. The summed E-state index contributed by atoms with van der Waals surface area (Å²) in [7, 11) is 0. The molecule has 1 aliphatic carbocycles. The number of furan rings is 1. The van der Waals surface area contributed by atoms with E-state index in [4.69, 9.17) is 4.42 Å². The highest BCUT2D eigenvalue weighted by atomic mass is 16.3. The number of rotatable bonds is 4. The van der Waals surface area contributed by atoms with Gasteiger partial charge in [-0.1, -0.05) is 129 Å². The van der Waals surface area contributed by atoms with Crippen molar-refractivity contribution in [2.45, 2.75) is 19.3 Å². The summed E-state index contributed by atoms with van der Waals surface area (Å²) >= 11 is 0. The average Bonchev–Trinajstić information content (AvgIpc) is 3.61. The second-order valence-electron chi connectivity index (χ2n) is 13.3. The molecule has 10 rings (SSSR count). The van der Waals surface area contributed by atoms with Gasteiger partial charge in [-0.2, -0.15) is 0 Å². The third kappa shape index (κ3) is 3.67. The molecule has 2 nitrogen and oxygen atoms in total. The number of hydrogen-bond acceptors (Lipinski definition) is 2. The smallest absolute Gasteiger partial charge is 0.138 e. The fourth-order valence-electron chi connectivity index (χ4n) is 8.23. The minimum atomic E-state index is -0.102. The molecule has 0 unspecified atom stereocenters. The Labute approximate surface area is 273 Å². The van der Waals surface area contributed by atoms with Crippen molar-refractivity contribution in [1.82, 2.24) is 0 Å². The van der Waals surface area contributed by atoms with Crippen molar-refractivity contribution in [3.63, 3.8) is 0 Å². The number of hydrogen-bond donors (Lipinski definition) is 0. The van der Waals surface area contributed by atoms with Crippen LogP contribution >= 0.6 is 0 Å². The van der Waals surface area contributed by atoms with Crippen LogP contribution < -0.4 is 4.90 Å². The zero-order valence-electron chi connectivity index (χ0n) is 26.3. The predicted molar refractivity (Wildman–Crippen MR) is 198 cm³/mol. The molecule has 8 aromatic carbocycles. The van der Waals surface area contributed by atoms with Crippen molar-refractivity contribution in [3.05, 3.63) is 163 Å². The Morgan fingerprint density at radius 3 is 1.94 bits per heavy atom. The van der Waals surface area contributed by atoms with Crippen LogP contribution in [-0.4, -0.2) is 0 Å². The van der Waals surface area contributed by atoms with Gasteiger partial charge in [-0.3, -0.25) is 0 Å². The van der Waals surface area contributed by atoms with Crippen LogP contribution in [0.4, 0.5) is 17.1 Å². The third-order valence-corrected chi connectivity index (χ3v) is 10.4. The van der Waals surface area contributed by atoms with Crippen molar-refractivity contribution in [1.29, 1.82) is 0 Å². The largest absolute Gasteiger partial charge is 0.456 e. The summed E-state index contributed by atoms with van der Waals surface area (Å²) in [6.45, 7) is 4.69. The Morgan fingerprint density at radius 2 is 1.11 bits per heavy atom. The number of anilines is 3. The summed E-state index contributed by atoms with van der Waals surface area (Å²) in [6.07, 6.45) is 0. The van der Waals surface area contributed by atoms with Crippen LogP contribution in [0, 0.1) is 0 Å². The van der Waals surface area contributed by atoms with Gasteiger partial charge in [0.1, 0.15) is 11.2 Å². The SMILES string of the molecule is CC1(C)c2ccccc2-c2c(N(c3ccc(-c4ccccc4)cc3)c3cc4oc5cccc6c7ccccc7c(c3)c4c56)cccc21. The topological polar surface area (TPSA) is 16.4 Å². The van der Waals surface area contributed by atoms with Crippen molar-refractivity contribution >= 4 is 60.5 Å². The summed E-state index contributed by atoms with van der Waals surface area (Å²) in [5.41, 5.74) is 12.8. The van der Waals surface area contributed by atoms with Crippen LogP contribution in [0.5, 0.6) is 0 Å². The molecular formula is C45H31NO. The summed E-state index contributed by atoms with van der Waals surface area (Å²) in [4.78, 5) is 2.44. The molecule has 0 fully saturated rings. The summed E-state index contributed by atoms with van der Waals surface area (Å²) < 4.78 is 6.68. The van der Waals surface area contributed by atoms with Gasteiger partial charge in [0.2, 0.25) is 0 Å². The third-order valence-electron chi connectivity index (χ3n) is 10.4. The van der Waals surface area contributed by atoms with E-state index in [-0.39, 0.29) is 5.41 Å². The van der Waals surface area contributed by atoms with Gasteiger partial charge >= 0.3 is 0 Å². The Balaban J connectivity index is 1.29. The molecule has 0 atom stereocenters. The van der Waals surface area contributed by atoms with Gasteiger partial charge in [-0.25, -0.2) is 0 Å². The second-order valence-corrected chi connectivity index (χ2v) is 13.3. The molecule has 0 aliphatic heterocycles. The predicted octanol–water partition coefficient (Wildman–Crippen LogP) is 12.8. The zero-order valence-corrected chi connectivity index (χ0v) is 26.3. The van der Waals surface area contributed by atoms with E-state index in [1.165, 1.54) is 71.4 Å². The van der Waals surface area contributed by atoms with Crippen molar-refractivity contribution in [2.24, 2.45) is 0 Å². The van der Waals surface area contributed by atoms with Gasteiger partial charge in [-0.05, 0) is 79.7 Å². The van der Waals surface area contributed by atoms with Gasteiger partial charge < -0.3 is 9.32 Å². The molecule has 9 aromatic rings. The summed E-state index contributed by atoms with van der Waals surface area (Å²) in [5.74, 6) is 0. The summed E-state index contributed by atoms with van der Waals surface area (Å²) in [5, 5.41) is 7.35. The molecule has 0 saturated heterocycles. The molecule has 47 heavy (non-hydrogen) atoms. The van der Waals surface area contributed by atoms with Crippen molar-refractivity contribution < 1.29 is 4.42 Å². The van der Waals surface area contributed by atoms with Gasteiger partial charge in [-0.15, -0.1) is 0 Å². The average molecular weight is 602 g/mol. The lowest BCUT2D eigenvalue weighted by atomic mass is 9.82. The van der Waals surface area contributed by atoms with Crippen molar-refractivity contribution in [2.75, 3.05) is 4.90 Å². The number of nitrogens with zero attached hydrogens (tertiary/aromatic N) is 1. The fourth-order valence-corrected chi connectivity index (χ4v) is 8.23. The lowest BCUT2D eigenvalue weighted by molar-refractivity contribution is 0.660. The maximum absolute atomic E-state index is 6.68. The summed E-state index contributed by atoms with van der Waals surface area (Å²) in [6, 6.07) is 55.1. The standard InChI is InChI=1S/C45H31NO/c1-45(2)37-18-9-8-16-35(37)42-38(45)19-11-20-39(42)46(30-24-22-29(23-25-30)28-12-4-3-5-13-28)31-26-36-33-15-7-6-14-32(33)34-17-10-21-40-43(34)44(36)41(27-31)47-40/h3-27H,1-2H3. The van der Waals surface area contributed by atoms with Gasteiger partial charge in [0.25, 0.3) is 0 Å². The van der Waals surface area contributed by atoms with Crippen LogP contribution in [-0.2, 0) is 5.41 Å². The first-order valence-electron chi connectivity index (χ1n) is 16.4. The maximum atomic E-state index is 6.68. The first kappa shape index (κ1) is 26.4. The van der Waals surface area contributed by atoms with E-state index in [1.54, 1.807) is 0 Å². The Bertz CT molecular complexity index is 2640. The van der Waals surface area contributed by atoms with E-state index in [9.17, 15) is 0 Å². The van der Waals surface area contributed by atoms with E-state index in [2.05, 4.69) is 170 Å². The monoisotopic (exact) mass is 601 g/mol. The molecule has 0 bridgehead atoms. The first-order valence-corrected chi connectivity index (χ1v) is 16.4. The van der Waals surface area contributed by atoms with Crippen LogP contribution in [0.2, 0.25) is 0 Å². The van der Waals surface area contributed by atoms with E-state index in [0.29, 0.717) is 0 Å². The van der Waals surface area contributed by atoms with E-state index in [0.717, 1.165) is 22.5 Å². The molecule has 0 N–H and O–H groups in total. The number of benzene rings is 8. The molecule has 1 aromatic heterocycles. The highest BCUT2D eigenvalue weighted by Gasteiger charge is 2.37. The molecular weight excluding hydrogens is 571 g/mol. The molecule has 2 heteroatoms. The Hall–Kier alpha value is -5.86. The molecule has 0 saturated carbocycles. The van der Waals surface area contributed by atoms with Gasteiger partial charge in [0, 0.05) is 33.5 Å². The molecule has 0 radical (unpaired) electrons. The normalized spacial score (nSPS) is 13.5. The van der Waals surface area contributed by atoms with Gasteiger partial charge in [0.05, 0.1) is 11.4 Å². The van der Waals surface area contributed by atoms with Crippen LogP contribution in [0.3, 0.4) is 0 Å². The molecule has 1 heterocycles. The van der Waals surface area contributed by atoms with Crippen LogP contribution in [0.25, 0.3) is 65.7 Å². The lowest BCUT2D eigenvalue weighted by Gasteiger charge is -2.29. The second kappa shape index (κ2) is 9.57. The molecule has 1 aliphatic rings. The van der Waals surface area contributed by atoms with E-state index >= 15 is 0 Å². The first-order chi connectivity index (χ1) is 23.1. The van der Waals surface area contributed by atoms with E-state index in [1.807, 2.05) is 0 Å². The molecule has 0 amide bonds. The Kier molecular flexibility index (Phi) is 5.37. The zero-order chi connectivity index (χ0) is 31.3. The van der Waals surface area contributed by atoms with Crippen LogP contribution in [0.1, 0.15) is 25.0 Å². The molecule has 0 spiro atoms.